The molecule has 0 aliphatic carbocycles. The number of rotatable bonds is 27. The highest BCUT2D eigenvalue weighted by Gasteiger charge is 2.49. The van der Waals surface area contributed by atoms with Gasteiger partial charge in [0.2, 0.25) is 0 Å². The molecule has 0 atom stereocenters. The van der Waals surface area contributed by atoms with E-state index in [-0.39, 0.29) is 5.04 Å². The summed E-state index contributed by atoms with van der Waals surface area (Å²) < 4.78 is 29.7. The molecule has 0 saturated heterocycles. The van der Waals surface area contributed by atoms with Gasteiger partial charge in [0.25, 0.3) is 8.32 Å². The fraction of sp³-hybridized carbons (Fsp3) is 0.676. The number of ether oxygens (including phenoxy) is 4. The molecule has 0 aromatic heterocycles. The number of hydrogen-bond acceptors (Lipinski definition) is 5. The average Bonchev–Trinajstić information content (AvgIpc) is 3.01. The van der Waals surface area contributed by atoms with Crippen molar-refractivity contribution in [3.63, 3.8) is 0 Å². The monoisotopic (exact) mass is 614 g/mol. The molecule has 0 unspecified atom stereocenters. The zero-order valence-corrected chi connectivity index (χ0v) is 29.0. The topological polar surface area (TPSA) is 46.2 Å². The van der Waals surface area contributed by atoms with E-state index >= 15 is 0 Å². The number of hydrogen-bond donors (Lipinski definition) is 0. The van der Waals surface area contributed by atoms with E-state index in [9.17, 15) is 0 Å². The van der Waals surface area contributed by atoms with Crippen molar-refractivity contribution in [1.29, 1.82) is 0 Å². The molecule has 0 spiro atoms. The van der Waals surface area contributed by atoms with Gasteiger partial charge in [-0.3, -0.25) is 0 Å². The highest BCUT2D eigenvalue weighted by Crippen LogP contribution is 2.36. The molecule has 0 radical (unpaired) electrons. The lowest BCUT2D eigenvalue weighted by Crippen LogP contribution is -2.66. The molecular weight excluding hydrogens is 552 g/mol. The van der Waals surface area contributed by atoms with Gasteiger partial charge in [0.05, 0.1) is 52.9 Å². The predicted octanol–water partition coefficient (Wildman–Crippen LogP) is 7.94. The minimum atomic E-state index is -2.51. The SMILES string of the molecule is CCCCCCCCCCCCCOCCOCCOCCOCCO[Si](c1ccccc1)(c1ccccc1)C(C)(C)C. The zero-order valence-electron chi connectivity index (χ0n) is 28.0. The summed E-state index contributed by atoms with van der Waals surface area (Å²) in [5, 5.41) is 2.55. The van der Waals surface area contributed by atoms with E-state index < -0.39 is 8.32 Å². The first-order valence-electron chi connectivity index (χ1n) is 17.1. The fourth-order valence-corrected chi connectivity index (χ4v) is 10.2. The van der Waals surface area contributed by atoms with Crippen LogP contribution >= 0.6 is 0 Å². The Labute approximate surface area is 265 Å². The third kappa shape index (κ3) is 15.3. The predicted molar refractivity (Wildman–Crippen MR) is 183 cm³/mol. The number of unbranched alkanes of at least 4 members (excludes halogenated alkanes) is 10. The summed E-state index contributed by atoms with van der Waals surface area (Å²) >= 11 is 0. The Morgan fingerprint density at radius 1 is 0.442 bits per heavy atom. The molecule has 2 rings (SSSR count). The Balaban J connectivity index is 1.45. The van der Waals surface area contributed by atoms with E-state index in [2.05, 4.69) is 88.4 Å². The lowest BCUT2D eigenvalue weighted by molar-refractivity contribution is -0.00518. The second-order valence-corrected chi connectivity index (χ2v) is 16.8. The van der Waals surface area contributed by atoms with Gasteiger partial charge in [0.15, 0.2) is 0 Å². The van der Waals surface area contributed by atoms with Crippen LogP contribution in [0.3, 0.4) is 0 Å². The van der Waals surface area contributed by atoms with Gasteiger partial charge >= 0.3 is 0 Å². The fourth-order valence-electron chi connectivity index (χ4n) is 5.65. The Kier molecular flexibility index (Phi) is 20.8. The van der Waals surface area contributed by atoms with E-state index in [1.54, 1.807) is 0 Å². The van der Waals surface area contributed by atoms with Crippen molar-refractivity contribution in [2.24, 2.45) is 0 Å². The van der Waals surface area contributed by atoms with Crippen LogP contribution in [0.2, 0.25) is 5.04 Å². The second-order valence-electron chi connectivity index (χ2n) is 12.5. The third-order valence-corrected chi connectivity index (χ3v) is 13.0. The highest BCUT2D eigenvalue weighted by molar-refractivity contribution is 6.99. The van der Waals surface area contributed by atoms with Crippen LogP contribution in [0.15, 0.2) is 60.7 Å². The van der Waals surface area contributed by atoms with Crippen LogP contribution in [0, 0.1) is 0 Å². The molecule has 2 aromatic carbocycles. The molecule has 0 amide bonds. The maximum absolute atomic E-state index is 6.85. The van der Waals surface area contributed by atoms with Gasteiger partial charge in [-0.15, -0.1) is 0 Å². The molecule has 0 fully saturated rings. The van der Waals surface area contributed by atoms with Crippen LogP contribution in [-0.2, 0) is 23.4 Å². The molecule has 244 valence electrons. The van der Waals surface area contributed by atoms with Crippen molar-refractivity contribution in [1.82, 2.24) is 0 Å². The third-order valence-electron chi connectivity index (χ3n) is 7.97. The van der Waals surface area contributed by atoms with Crippen molar-refractivity contribution in [2.45, 2.75) is 103 Å². The van der Waals surface area contributed by atoms with Crippen LogP contribution in [0.4, 0.5) is 0 Å². The van der Waals surface area contributed by atoms with E-state index in [4.69, 9.17) is 23.4 Å². The first-order valence-corrected chi connectivity index (χ1v) is 19.0. The van der Waals surface area contributed by atoms with Gasteiger partial charge in [-0.25, -0.2) is 0 Å². The molecule has 2 aromatic rings. The lowest BCUT2D eigenvalue weighted by Gasteiger charge is -2.43. The molecule has 43 heavy (non-hydrogen) atoms. The van der Waals surface area contributed by atoms with Crippen LogP contribution < -0.4 is 10.4 Å². The first-order chi connectivity index (χ1) is 21.0. The average molecular weight is 615 g/mol. The van der Waals surface area contributed by atoms with Crippen molar-refractivity contribution < 1.29 is 23.4 Å². The van der Waals surface area contributed by atoms with Crippen molar-refractivity contribution in [3.05, 3.63) is 60.7 Å². The summed E-state index contributed by atoms with van der Waals surface area (Å²) in [5.74, 6) is 0. The Morgan fingerprint density at radius 3 is 1.19 bits per heavy atom. The lowest BCUT2D eigenvalue weighted by atomic mass is 10.1. The van der Waals surface area contributed by atoms with Crippen LogP contribution in [0.25, 0.3) is 0 Å². The van der Waals surface area contributed by atoms with E-state index in [0.29, 0.717) is 52.9 Å². The van der Waals surface area contributed by atoms with Crippen molar-refractivity contribution >= 4 is 18.7 Å². The summed E-state index contributed by atoms with van der Waals surface area (Å²) in [6.45, 7) is 14.6. The summed E-state index contributed by atoms with van der Waals surface area (Å²) in [6.07, 6.45) is 14.9. The van der Waals surface area contributed by atoms with Gasteiger partial charge in [-0.1, -0.05) is 153 Å². The molecule has 0 saturated carbocycles. The van der Waals surface area contributed by atoms with Crippen LogP contribution in [0.1, 0.15) is 98.3 Å². The van der Waals surface area contributed by atoms with E-state index in [0.717, 1.165) is 13.0 Å². The normalized spacial score (nSPS) is 12.2. The Morgan fingerprint density at radius 2 is 0.791 bits per heavy atom. The molecule has 0 heterocycles. The second kappa shape index (κ2) is 23.8. The summed E-state index contributed by atoms with van der Waals surface area (Å²) in [6, 6.07) is 21.4. The Bertz CT molecular complexity index is 847. The molecule has 0 aliphatic rings. The van der Waals surface area contributed by atoms with Gasteiger partial charge in [-0.05, 0) is 21.8 Å². The highest BCUT2D eigenvalue weighted by atomic mass is 28.4. The summed E-state index contributed by atoms with van der Waals surface area (Å²) in [7, 11) is -2.51. The molecule has 6 heteroatoms. The van der Waals surface area contributed by atoms with E-state index in [1.807, 2.05) is 0 Å². The van der Waals surface area contributed by atoms with Crippen LogP contribution in [0.5, 0.6) is 0 Å². The molecule has 5 nitrogen and oxygen atoms in total. The summed E-state index contributed by atoms with van der Waals surface area (Å²) in [5.41, 5.74) is 0. The molecule has 0 N–H and O–H groups in total. The zero-order chi connectivity index (χ0) is 30.9. The standard InChI is InChI=1S/C37H62O5Si/c1-5-6-7-8-9-10-11-12-13-14-21-26-38-27-28-39-29-30-40-31-32-41-33-34-42-43(37(2,3)4,35-22-17-15-18-23-35)36-24-19-16-20-25-36/h15-20,22-25H,5-14,21,26-34H2,1-4H3. The van der Waals surface area contributed by atoms with Gasteiger partial charge in [0.1, 0.15) is 0 Å². The molecule has 0 bridgehead atoms. The van der Waals surface area contributed by atoms with Crippen molar-refractivity contribution in [3.8, 4) is 0 Å². The summed E-state index contributed by atoms with van der Waals surface area (Å²) in [4.78, 5) is 0. The smallest absolute Gasteiger partial charge is 0.261 e. The largest absolute Gasteiger partial charge is 0.405 e. The van der Waals surface area contributed by atoms with Gasteiger partial charge < -0.3 is 23.4 Å². The van der Waals surface area contributed by atoms with Crippen molar-refractivity contribution in [2.75, 3.05) is 59.5 Å². The maximum atomic E-state index is 6.85. The van der Waals surface area contributed by atoms with Gasteiger partial charge in [0, 0.05) is 6.61 Å². The molecule has 0 aliphatic heterocycles. The Hall–Kier alpha value is -1.54. The first kappa shape index (κ1) is 37.6. The van der Waals surface area contributed by atoms with E-state index in [1.165, 1.54) is 74.6 Å². The number of benzene rings is 2. The maximum Gasteiger partial charge on any atom is 0.261 e. The minimum Gasteiger partial charge on any atom is -0.405 e. The van der Waals surface area contributed by atoms with Crippen LogP contribution in [-0.4, -0.2) is 67.8 Å². The minimum absolute atomic E-state index is 0.0312. The quantitative estimate of drug-likeness (QED) is 0.0755. The van der Waals surface area contributed by atoms with Gasteiger partial charge in [-0.2, -0.15) is 0 Å². The molecular formula is C37H62O5Si.